The summed E-state index contributed by atoms with van der Waals surface area (Å²) in [6, 6.07) is 15.1. The van der Waals surface area contributed by atoms with Crippen molar-refractivity contribution in [3.8, 4) is 0 Å². The molecular weight excluding hydrogens is 332 g/mol. The van der Waals surface area contributed by atoms with Crippen molar-refractivity contribution in [2.75, 3.05) is 0 Å². The Kier molecular flexibility index (Phi) is 3.66. The number of aromatic nitrogens is 1. The van der Waals surface area contributed by atoms with Gasteiger partial charge in [-0.2, -0.15) is 4.57 Å². The maximum Gasteiger partial charge on any atom is 0.283 e. The summed E-state index contributed by atoms with van der Waals surface area (Å²) in [4.78, 5) is 10.8. The largest absolute Gasteiger partial charge is 0.283 e. The van der Waals surface area contributed by atoms with Gasteiger partial charge in [-0.05, 0) is 6.07 Å². The molecule has 5 heteroatoms. The van der Waals surface area contributed by atoms with Crippen LogP contribution in [0.5, 0.6) is 0 Å². The summed E-state index contributed by atoms with van der Waals surface area (Å²) in [6.45, 7) is 0.681. The van der Waals surface area contributed by atoms with E-state index in [2.05, 4.69) is 15.9 Å². The molecule has 0 atom stereocenters. The molecule has 0 fully saturated rings. The number of hydrogen-bond acceptors (Lipinski definition) is 2. The van der Waals surface area contributed by atoms with Crippen molar-refractivity contribution in [1.29, 1.82) is 0 Å². The van der Waals surface area contributed by atoms with Crippen molar-refractivity contribution in [2.24, 2.45) is 0 Å². The van der Waals surface area contributed by atoms with Gasteiger partial charge in [-0.15, -0.1) is 0 Å². The zero-order valence-electron chi connectivity index (χ0n) is 11.1. The number of halogens is 1. The summed E-state index contributed by atoms with van der Waals surface area (Å²) >= 11 is 3.44. The standard InChI is InChI=1S/C16H12BrN2O2/c17-15-6-7-16(19(20)21)14-11-18(9-8-13(14)15)10-12-4-2-1-3-5-12/h1-9,11H,10H2/q+1. The second-order valence-corrected chi connectivity index (χ2v) is 5.61. The van der Waals surface area contributed by atoms with Gasteiger partial charge in [0.15, 0.2) is 18.9 Å². The summed E-state index contributed by atoms with van der Waals surface area (Å²) in [7, 11) is 0. The molecule has 0 bridgehead atoms. The number of rotatable bonds is 3. The molecule has 1 heterocycles. The van der Waals surface area contributed by atoms with E-state index in [1.165, 1.54) is 6.07 Å². The highest BCUT2D eigenvalue weighted by Crippen LogP contribution is 2.30. The van der Waals surface area contributed by atoms with Gasteiger partial charge in [0.25, 0.3) is 5.69 Å². The van der Waals surface area contributed by atoms with Crippen LogP contribution in [0.1, 0.15) is 5.56 Å². The van der Waals surface area contributed by atoms with E-state index >= 15 is 0 Å². The molecule has 1 aromatic heterocycles. The molecular formula is C16H12BrN2O2+. The van der Waals surface area contributed by atoms with Crippen molar-refractivity contribution in [2.45, 2.75) is 6.54 Å². The van der Waals surface area contributed by atoms with E-state index in [1.54, 1.807) is 6.07 Å². The Bertz CT molecular complexity index is 819. The molecule has 0 spiro atoms. The summed E-state index contributed by atoms with van der Waals surface area (Å²) in [6.07, 6.45) is 3.76. The first-order chi connectivity index (χ1) is 10.1. The quantitative estimate of drug-likeness (QED) is 0.412. The van der Waals surface area contributed by atoms with Crippen LogP contribution in [0.15, 0.2) is 65.4 Å². The normalized spacial score (nSPS) is 10.7. The van der Waals surface area contributed by atoms with Gasteiger partial charge in [-0.3, -0.25) is 10.1 Å². The predicted octanol–water partition coefficient (Wildman–Crippen LogP) is 3.85. The Labute approximate surface area is 129 Å². The smallest absolute Gasteiger partial charge is 0.258 e. The Morgan fingerprint density at radius 3 is 2.52 bits per heavy atom. The Balaban J connectivity index is 2.10. The zero-order chi connectivity index (χ0) is 14.8. The first kappa shape index (κ1) is 13.7. The number of nitro benzene ring substituents is 1. The third-order valence-corrected chi connectivity index (χ3v) is 4.03. The maximum absolute atomic E-state index is 11.2. The highest BCUT2D eigenvalue weighted by Gasteiger charge is 2.17. The third kappa shape index (κ3) is 2.78. The highest BCUT2D eigenvalue weighted by molar-refractivity contribution is 9.10. The molecule has 104 valence electrons. The summed E-state index contributed by atoms with van der Waals surface area (Å²) in [5.41, 5.74) is 1.27. The number of benzene rings is 2. The van der Waals surface area contributed by atoms with Crippen LogP contribution in [0, 0.1) is 10.1 Å². The first-order valence-corrected chi connectivity index (χ1v) is 7.24. The van der Waals surface area contributed by atoms with Crippen molar-refractivity contribution in [1.82, 2.24) is 0 Å². The molecule has 0 saturated carbocycles. The molecule has 0 unspecified atom stereocenters. The van der Waals surface area contributed by atoms with Crippen molar-refractivity contribution in [3.63, 3.8) is 0 Å². The number of nitro groups is 1. The molecule has 2 aromatic carbocycles. The van der Waals surface area contributed by atoms with Gasteiger partial charge in [0, 0.05) is 27.6 Å². The van der Waals surface area contributed by atoms with Crippen LogP contribution in [-0.2, 0) is 6.54 Å². The van der Waals surface area contributed by atoms with E-state index in [0.29, 0.717) is 11.9 Å². The van der Waals surface area contributed by atoms with Crippen LogP contribution in [0.4, 0.5) is 5.69 Å². The van der Waals surface area contributed by atoms with Gasteiger partial charge >= 0.3 is 0 Å². The van der Waals surface area contributed by atoms with E-state index in [0.717, 1.165) is 15.4 Å². The van der Waals surface area contributed by atoms with Crippen molar-refractivity contribution in [3.05, 3.63) is 81.1 Å². The van der Waals surface area contributed by atoms with E-state index in [9.17, 15) is 10.1 Å². The molecule has 0 N–H and O–H groups in total. The second-order valence-electron chi connectivity index (χ2n) is 4.75. The van der Waals surface area contributed by atoms with Crippen LogP contribution in [0.2, 0.25) is 0 Å². The van der Waals surface area contributed by atoms with Gasteiger partial charge < -0.3 is 0 Å². The SMILES string of the molecule is O=[N+]([O-])c1ccc(Br)c2cc[n+](Cc3ccccc3)cc12. The highest BCUT2D eigenvalue weighted by atomic mass is 79.9. The molecule has 4 nitrogen and oxygen atoms in total. The zero-order valence-corrected chi connectivity index (χ0v) is 12.7. The Hall–Kier alpha value is -2.27. The number of fused-ring (bicyclic) bond motifs is 1. The van der Waals surface area contributed by atoms with Crippen LogP contribution >= 0.6 is 15.9 Å². The molecule has 0 aliphatic heterocycles. The summed E-state index contributed by atoms with van der Waals surface area (Å²) in [5.74, 6) is 0. The van der Waals surface area contributed by atoms with Crippen LogP contribution in [0.25, 0.3) is 10.8 Å². The monoisotopic (exact) mass is 343 g/mol. The minimum Gasteiger partial charge on any atom is -0.258 e. The Morgan fingerprint density at radius 1 is 1.05 bits per heavy atom. The summed E-state index contributed by atoms with van der Waals surface area (Å²) < 4.78 is 2.81. The number of non-ortho nitro benzene ring substituents is 1. The van der Waals surface area contributed by atoms with Crippen LogP contribution in [0.3, 0.4) is 0 Å². The fraction of sp³-hybridized carbons (Fsp3) is 0.0625. The average molecular weight is 344 g/mol. The number of pyridine rings is 1. The van der Waals surface area contributed by atoms with E-state index < -0.39 is 0 Å². The third-order valence-electron chi connectivity index (χ3n) is 3.34. The molecule has 3 aromatic rings. The van der Waals surface area contributed by atoms with E-state index in [-0.39, 0.29) is 10.6 Å². The molecule has 0 amide bonds. The lowest BCUT2D eigenvalue weighted by Crippen LogP contribution is -2.33. The average Bonchev–Trinajstić information content (AvgIpc) is 2.48. The molecule has 21 heavy (non-hydrogen) atoms. The lowest BCUT2D eigenvalue weighted by atomic mass is 10.1. The molecule has 0 aliphatic carbocycles. The molecule has 3 rings (SSSR count). The Morgan fingerprint density at radius 2 is 1.81 bits per heavy atom. The maximum atomic E-state index is 11.2. The van der Waals surface area contributed by atoms with Gasteiger partial charge in [-0.1, -0.05) is 46.3 Å². The van der Waals surface area contributed by atoms with E-state index in [4.69, 9.17) is 0 Å². The van der Waals surface area contributed by atoms with Crippen molar-refractivity contribution >= 4 is 32.4 Å². The molecule has 0 radical (unpaired) electrons. The minimum absolute atomic E-state index is 0.121. The van der Waals surface area contributed by atoms with Gasteiger partial charge in [-0.25, -0.2) is 0 Å². The van der Waals surface area contributed by atoms with Gasteiger partial charge in [0.2, 0.25) is 0 Å². The fourth-order valence-electron chi connectivity index (χ4n) is 2.33. The van der Waals surface area contributed by atoms with Crippen molar-refractivity contribution < 1.29 is 9.49 Å². The van der Waals surface area contributed by atoms with Crippen LogP contribution < -0.4 is 4.57 Å². The summed E-state index contributed by atoms with van der Waals surface area (Å²) in [5, 5.41) is 12.7. The van der Waals surface area contributed by atoms with Crippen LogP contribution in [-0.4, -0.2) is 4.92 Å². The first-order valence-electron chi connectivity index (χ1n) is 6.45. The topological polar surface area (TPSA) is 47.0 Å². The predicted molar refractivity (Wildman–Crippen MR) is 84.0 cm³/mol. The number of nitrogens with zero attached hydrogens (tertiary/aromatic N) is 2. The number of hydrogen-bond donors (Lipinski definition) is 0. The minimum atomic E-state index is -0.346. The fourth-order valence-corrected chi connectivity index (χ4v) is 2.81. The second kappa shape index (κ2) is 5.61. The molecule has 0 saturated heterocycles. The lowest BCUT2D eigenvalue weighted by Gasteiger charge is -2.02. The lowest BCUT2D eigenvalue weighted by molar-refractivity contribution is -0.687. The van der Waals surface area contributed by atoms with Gasteiger partial charge in [0.05, 0.1) is 4.92 Å². The van der Waals surface area contributed by atoms with Gasteiger partial charge in [0.1, 0.15) is 5.39 Å². The van der Waals surface area contributed by atoms with E-state index in [1.807, 2.05) is 53.4 Å². The molecule has 0 aliphatic rings.